The van der Waals surface area contributed by atoms with Crippen LogP contribution in [-0.4, -0.2) is 46.3 Å². The van der Waals surface area contributed by atoms with Gasteiger partial charge in [-0.25, -0.2) is 8.42 Å². The highest BCUT2D eigenvalue weighted by molar-refractivity contribution is 7.92. The fourth-order valence-electron chi connectivity index (χ4n) is 3.90. The normalized spacial score (nSPS) is 18.0. The average Bonchev–Trinajstić information content (AvgIpc) is 3.11. The minimum absolute atomic E-state index is 0.138. The van der Waals surface area contributed by atoms with Gasteiger partial charge in [-0.05, 0) is 55.2 Å². The zero-order valence-corrected chi connectivity index (χ0v) is 16.6. The highest BCUT2D eigenvalue weighted by Crippen LogP contribution is 2.27. The van der Waals surface area contributed by atoms with Gasteiger partial charge in [0.25, 0.3) is 5.91 Å². The second-order valence-corrected chi connectivity index (χ2v) is 9.28. The van der Waals surface area contributed by atoms with Crippen molar-refractivity contribution in [2.45, 2.75) is 19.3 Å². The van der Waals surface area contributed by atoms with Gasteiger partial charge in [0.1, 0.15) is 0 Å². The van der Waals surface area contributed by atoms with Crippen LogP contribution in [-0.2, 0) is 16.4 Å². The third-order valence-corrected chi connectivity index (χ3v) is 7.29. The summed E-state index contributed by atoms with van der Waals surface area (Å²) in [5, 5.41) is 2.96. The Labute approximate surface area is 166 Å². The van der Waals surface area contributed by atoms with Crippen molar-refractivity contribution < 1.29 is 13.2 Å². The minimum atomic E-state index is -3.23. The van der Waals surface area contributed by atoms with E-state index in [4.69, 9.17) is 0 Å². The number of hydrogen-bond acceptors (Lipinski definition) is 4. The zero-order valence-electron chi connectivity index (χ0n) is 15.8. The summed E-state index contributed by atoms with van der Waals surface area (Å²) in [4.78, 5) is 14.7. The highest BCUT2D eigenvalue weighted by atomic mass is 32.2. The van der Waals surface area contributed by atoms with Crippen LogP contribution in [0, 0.1) is 0 Å². The highest BCUT2D eigenvalue weighted by Gasteiger charge is 2.26. The summed E-state index contributed by atoms with van der Waals surface area (Å²) in [6.07, 6.45) is 2.62. The number of hydrogen-bond donors (Lipinski definition) is 1. The van der Waals surface area contributed by atoms with Gasteiger partial charge in [-0.15, -0.1) is 0 Å². The van der Waals surface area contributed by atoms with Crippen LogP contribution in [0.3, 0.4) is 0 Å². The lowest BCUT2D eigenvalue weighted by Gasteiger charge is -2.28. The molecule has 148 valence electrons. The summed E-state index contributed by atoms with van der Waals surface area (Å²) < 4.78 is 25.8. The Morgan fingerprint density at radius 3 is 2.57 bits per heavy atom. The van der Waals surface area contributed by atoms with Crippen molar-refractivity contribution in [2.75, 3.05) is 41.1 Å². The molecule has 0 bridgehead atoms. The van der Waals surface area contributed by atoms with Crippen LogP contribution in [0.2, 0.25) is 0 Å². The molecule has 6 nitrogen and oxygen atoms in total. The average molecular weight is 400 g/mol. The van der Waals surface area contributed by atoms with E-state index in [0.29, 0.717) is 30.8 Å². The fourth-order valence-corrected chi connectivity index (χ4v) is 5.54. The van der Waals surface area contributed by atoms with Crippen molar-refractivity contribution >= 4 is 27.3 Å². The van der Waals surface area contributed by atoms with Crippen LogP contribution in [0.25, 0.3) is 0 Å². The van der Waals surface area contributed by atoms with Crippen molar-refractivity contribution in [1.82, 2.24) is 5.32 Å². The van der Waals surface area contributed by atoms with Gasteiger partial charge < -0.3 is 10.2 Å². The fraction of sp³-hybridized carbons (Fsp3) is 0.381. The SMILES string of the molecule is O=C(NCCN1CCc2ccccc21)c1ccc(N2CCCCS2(=O)=O)cc1. The van der Waals surface area contributed by atoms with Crippen LogP contribution in [0.1, 0.15) is 28.8 Å². The number of nitrogens with one attached hydrogen (secondary N) is 1. The quantitative estimate of drug-likeness (QED) is 0.838. The molecule has 0 radical (unpaired) electrons. The molecule has 2 aromatic rings. The standard InChI is InChI=1S/C21H25N3O3S/c25-21(22-12-15-23-14-11-17-5-1-2-6-20(17)23)18-7-9-19(10-8-18)24-13-3-4-16-28(24,26)27/h1-2,5-10H,3-4,11-16H2,(H,22,25). The summed E-state index contributed by atoms with van der Waals surface area (Å²) in [5.74, 6) is 0.0510. The second-order valence-electron chi connectivity index (χ2n) is 7.26. The molecule has 0 unspecified atom stereocenters. The van der Waals surface area contributed by atoms with E-state index in [1.807, 2.05) is 6.07 Å². The predicted octanol–water partition coefficient (Wildman–Crippen LogP) is 2.41. The van der Waals surface area contributed by atoms with E-state index in [0.717, 1.165) is 25.9 Å². The summed E-state index contributed by atoms with van der Waals surface area (Å²) in [5.41, 5.74) is 3.78. The summed E-state index contributed by atoms with van der Waals surface area (Å²) >= 11 is 0. The van der Waals surface area contributed by atoms with E-state index in [2.05, 4.69) is 28.4 Å². The van der Waals surface area contributed by atoms with Crippen LogP contribution >= 0.6 is 0 Å². The summed E-state index contributed by atoms with van der Waals surface area (Å²) in [6.45, 7) is 2.82. The summed E-state index contributed by atoms with van der Waals surface area (Å²) in [7, 11) is -3.23. The molecule has 1 saturated heterocycles. The number of nitrogens with zero attached hydrogens (tertiary/aromatic N) is 2. The van der Waals surface area contributed by atoms with Gasteiger partial charge >= 0.3 is 0 Å². The van der Waals surface area contributed by atoms with Crippen LogP contribution in [0.4, 0.5) is 11.4 Å². The van der Waals surface area contributed by atoms with Gasteiger partial charge in [0, 0.05) is 37.4 Å². The molecule has 0 spiro atoms. The number of amides is 1. The molecule has 0 aliphatic carbocycles. The first-order chi connectivity index (χ1) is 13.5. The molecule has 0 aromatic heterocycles. The first-order valence-corrected chi connectivity index (χ1v) is 11.4. The smallest absolute Gasteiger partial charge is 0.251 e. The Bertz CT molecular complexity index is 957. The lowest BCUT2D eigenvalue weighted by atomic mass is 10.2. The number of fused-ring (bicyclic) bond motifs is 1. The largest absolute Gasteiger partial charge is 0.369 e. The molecule has 2 aromatic carbocycles. The van der Waals surface area contributed by atoms with Crippen molar-refractivity contribution in [1.29, 1.82) is 0 Å². The minimum Gasteiger partial charge on any atom is -0.369 e. The molecule has 0 saturated carbocycles. The molecule has 1 N–H and O–H groups in total. The number of rotatable bonds is 5. The van der Waals surface area contributed by atoms with Crippen LogP contribution in [0.5, 0.6) is 0 Å². The second kappa shape index (κ2) is 7.83. The number of sulfonamides is 1. The number of para-hydroxylation sites is 1. The molecular formula is C21H25N3O3S. The molecule has 7 heteroatoms. The topological polar surface area (TPSA) is 69.7 Å². The van der Waals surface area contributed by atoms with Crippen molar-refractivity contribution in [3.8, 4) is 0 Å². The van der Waals surface area contributed by atoms with Gasteiger partial charge in [0.15, 0.2) is 0 Å². The molecule has 4 rings (SSSR count). The van der Waals surface area contributed by atoms with Crippen molar-refractivity contribution in [2.24, 2.45) is 0 Å². The van der Waals surface area contributed by atoms with Gasteiger partial charge in [-0.3, -0.25) is 9.10 Å². The lowest BCUT2D eigenvalue weighted by Crippen LogP contribution is -2.37. The van der Waals surface area contributed by atoms with Gasteiger partial charge in [-0.2, -0.15) is 0 Å². The van der Waals surface area contributed by atoms with Crippen molar-refractivity contribution in [3.05, 3.63) is 59.7 Å². The molecule has 0 atom stereocenters. The maximum atomic E-state index is 12.4. The molecule has 2 aliphatic heterocycles. The van der Waals surface area contributed by atoms with E-state index < -0.39 is 10.0 Å². The molecular weight excluding hydrogens is 374 g/mol. The Hall–Kier alpha value is -2.54. The Kier molecular flexibility index (Phi) is 5.26. The van der Waals surface area contributed by atoms with E-state index in [-0.39, 0.29) is 11.7 Å². The van der Waals surface area contributed by atoms with Gasteiger partial charge in [0.2, 0.25) is 10.0 Å². The monoisotopic (exact) mass is 399 g/mol. The van der Waals surface area contributed by atoms with Gasteiger partial charge in [-0.1, -0.05) is 18.2 Å². The number of benzene rings is 2. The van der Waals surface area contributed by atoms with E-state index >= 15 is 0 Å². The Morgan fingerprint density at radius 2 is 1.79 bits per heavy atom. The Morgan fingerprint density at radius 1 is 1.00 bits per heavy atom. The molecule has 1 fully saturated rings. The molecule has 2 aliphatic rings. The van der Waals surface area contributed by atoms with E-state index in [1.54, 1.807) is 24.3 Å². The van der Waals surface area contributed by atoms with Gasteiger partial charge in [0.05, 0.1) is 11.4 Å². The Balaban J connectivity index is 1.33. The number of carbonyl (C=O) groups is 1. The maximum Gasteiger partial charge on any atom is 0.251 e. The van der Waals surface area contributed by atoms with Crippen LogP contribution < -0.4 is 14.5 Å². The van der Waals surface area contributed by atoms with Crippen LogP contribution in [0.15, 0.2) is 48.5 Å². The lowest BCUT2D eigenvalue weighted by molar-refractivity contribution is 0.0954. The maximum absolute atomic E-state index is 12.4. The predicted molar refractivity (Wildman–Crippen MR) is 112 cm³/mol. The summed E-state index contributed by atoms with van der Waals surface area (Å²) in [6, 6.07) is 15.2. The third kappa shape index (κ3) is 3.85. The first-order valence-electron chi connectivity index (χ1n) is 9.76. The van der Waals surface area contributed by atoms with Crippen molar-refractivity contribution in [3.63, 3.8) is 0 Å². The molecule has 28 heavy (non-hydrogen) atoms. The van der Waals surface area contributed by atoms with E-state index in [1.165, 1.54) is 15.6 Å². The van der Waals surface area contributed by atoms with E-state index in [9.17, 15) is 13.2 Å². The molecule has 1 amide bonds. The first kappa shape index (κ1) is 18.8. The number of anilines is 2. The number of carbonyl (C=O) groups excluding carboxylic acids is 1. The zero-order chi connectivity index (χ0) is 19.6. The third-order valence-electron chi connectivity index (χ3n) is 5.42. The molecule has 2 heterocycles.